The molecule has 0 atom stereocenters. The van der Waals surface area contributed by atoms with Gasteiger partial charge in [-0.05, 0) is 5.39 Å². The molecule has 0 aromatic heterocycles. The molecule has 2 aromatic rings. The van der Waals surface area contributed by atoms with Gasteiger partial charge >= 0.3 is 6.61 Å². The minimum Gasteiger partial charge on any atom is -0.434 e. The van der Waals surface area contributed by atoms with Gasteiger partial charge in [-0.15, -0.1) is 0 Å². The normalized spacial score (nSPS) is 10.5. The van der Waals surface area contributed by atoms with Gasteiger partial charge in [0.2, 0.25) is 0 Å². The highest BCUT2D eigenvalue weighted by Crippen LogP contribution is 2.31. The van der Waals surface area contributed by atoms with E-state index in [4.69, 9.17) is 5.26 Å². The van der Waals surface area contributed by atoms with Crippen LogP contribution in [0.4, 0.5) is 8.78 Å². The minimum atomic E-state index is -2.89. The highest BCUT2D eigenvalue weighted by molar-refractivity contribution is 5.89. The maximum Gasteiger partial charge on any atom is 0.387 e. The molecule has 4 heteroatoms. The molecule has 0 unspecified atom stereocenters. The van der Waals surface area contributed by atoms with Crippen molar-refractivity contribution in [2.75, 3.05) is 0 Å². The number of nitrogens with zero attached hydrogens (tertiary/aromatic N) is 1. The van der Waals surface area contributed by atoms with Crippen molar-refractivity contribution in [1.29, 1.82) is 5.26 Å². The van der Waals surface area contributed by atoms with E-state index in [9.17, 15) is 8.78 Å². The average molecular weight is 233 g/mol. The van der Waals surface area contributed by atoms with Gasteiger partial charge in [0.15, 0.2) is 0 Å². The van der Waals surface area contributed by atoms with Crippen molar-refractivity contribution in [3.05, 3.63) is 42.0 Å². The maximum absolute atomic E-state index is 12.4. The second kappa shape index (κ2) is 4.79. The quantitative estimate of drug-likeness (QED) is 0.812. The van der Waals surface area contributed by atoms with Crippen LogP contribution in [0.3, 0.4) is 0 Å². The average Bonchev–Trinajstić information content (AvgIpc) is 2.32. The van der Waals surface area contributed by atoms with Gasteiger partial charge in [0.05, 0.1) is 12.5 Å². The van der Waals surface area contributed by atoms with Crippen LogP contribution >= 0.6 is 0 Å². The first-order valence-electron chi connectivity index (χ1n) is 5.05. The Morgan fingerprint density at radius 1 is 1.18 bits per heavy atom. The predicted molar refractivity (Wildman–Crippen MR) is 59.9 cm³/mol. The summed E-state index contributed by atoms with van der Waals surface area (Å²) in [5.41, 5.74) is 0.478. The zero-order chi connectivity index (χ0) is 12.3. The third kappa shape index (κ3) is 2.34. The monoisotopic (exact) mass is 233 g/mol. The van der Waals surface area contributed by atoms with Crippen molar-refractivity contribution >= 4 is 10.8 Å². The number of benzene rings is 2. The van der Waals surface area contributed by atoms with Crippen LogP contribution in [0.1, 0.15) is 5.56 Å². The second-order valence-corrected chi connectivity index (χ2v) is 3.49. The van der Waals surface area contributed by atoms with Gasteiger partial charge in [-0.2, -0.15) is 14.0 Å². The lowest BCUT2D eigenvalue weighted by Gasteiger charge is -2.11. The van der Waals surface area contributed by atoms with E-state index in [1.54, 1.807) is 24.3 Å². The summed E-state index contributed by atoms with van der Waals surface area (Å²) in [7, 11) is 0. The summed E-state index contributed by atoms with van der Waals surface area (Å²) >= 11 is 0. The topological polar surface area (TPSA) is 33.0 Å². The van der Waals surface area contributed by atoms with Crippen molar-refractivity contribution < 1.29 is 13.5 Å². The first-order valence-corrected chi connectivity index (χ1v) is 5.05. The molecular formula is C13H9F2NO. The number of ether oxygens (including phenoxy) is 1. The van der Waals surface area contributed by atoms with Crippen LogP contribution < -0.4 is 4.74 Å². The highest BCUT2D eigenvalue weighted by atomic mass is 19.3. The minimum absolute atomic E-state index is 0.0485. The van der Waals surface area contributed by atoms with Crippen LogP contribution in [0.25, 0.3) is 10.8 Å². The summed E-state index contributed by atoms with van der Waals surface area (Å²) in [5, 5.41) is 10.1. The van der Waals surface area contributed by atoms with E-state index in [1.807, 2.05) is 18.2 Å². The fraction of sp³-hybridized carbons (Fsp3) is 0.154. The Hall–Kier alpha value is -2.15. The third-order valence-corrected chi connectivity index (χ3v) is 2.44. The molecule has 0 saturated carbocycles. The van der Waals surface area contributed by atoms with Crippen LogP contribution in [-0.4, -0.2) is 6.61 Å². The summed E-state index contributed by atoms with van der Waals surface area (Å²) in [6.07, 6.45) is 0.0485. The van der Waals surface area contributed by atoms with E-state index in [-0.39, 0.29) is 12.2 Å². The van der Waals surface area contributed by atoms with Gasteiger partial charge < -0.3 is 4.74 Å². The molecule has 0 fully saturated rings. The molecule has 0 heterocycles. The number of hydrogen-bond acceptors (Lipinski definition) is 2. The molecule has 0 aliphatic heterocycles. The van der Waals surface area contributed by atoms with Crippen molar-refractivity contribution in [2.45, 2.75) is 13.0 Å². The molecule has 0 saturated heterocycles. The lowest BCUT2D eigenvalue weighted by atomic mass is 10.0. The first-order chi connectivity index (χ1) is 8.22. The predicted octanol–water partition coefficient (Wildman–Crippen LogP) is 3.51. The lowest BCUT2D eigenvalue weighted by molar-refractivity contribution is -0.0493. The van der Waals surface area contributed by atoms with Gasteiger partial charge in [-0.1, -0.05) is 36.4 Å². The van der Waals surface area contributed by atoms with Crippen molar-refractivity contribution in [2.24, 2.45) is 0 Å². The van der Waals surface area contributed by atoms with Gasteiger partial charge in [0, 0.05) is 10.9 Å². The van der Waals surface area contributed by atoms with Crippen molar-refractivity contribution in [3.8, 4) is 11.8 Å². The molecule has 17 heavy (non-hydrogen) atoms. The SMILES string of the molecule is N#CCc1ccc2ccccc2c1OC(F)F. The van der Waals surface area contributed by atoms with Gasteiger partial charge in [-0.25, -0.2) is 0 Å². The standard InChI is InChI=1S/C13H9F2NO/c14-13(15)17-12-10(7-8-16)6-5-9-3-1-2-4-11(9)12/h1-6,13H,7H2. The fourth-order valence-electron chi connectivity index (χ4n) is 1.74. The van der Waals surface area contributed by atoms with Crippen LogP contribution in [0.2, 0.25) is 0 Å². The molecule has 0 amide bonds. The highest BCUT2D eigenvalue weighted by Gasteiger charge is 2.13. The summed E-state index contributed by atoms with van der Waals surface area (Å²) in [5.74, 6) is 0.0969. The second-order valence-electron chi connectivity index (χ2n) is 3.49. The van der Waals surface area contributed by atoms with E-state index in [1.165, 1.54) is 0 Å². The number of fused-ring (bicyclic) bond motifs is 1. The summed E-state index contributed by atoms with van der Waals surface area (Å²) in [6, 6.07) is 12.4. The maximum atomic E-state index is 12.4. The molecule has 2 nitrogen and oxygen atoms in total. The van der Waals surface area contributed by atoms with Crippen LogP contribution in [0.15, 0.2) is 36.4 Å². The zero-order valence-electron chi connectivity index (χ0n) is 8.86. The Morgan fingerprint density at radius 3 is 2.65 bits per heavy atom. The summed E-state index contributed by atoms with van der Waals surface area (Å²) in [4.78, 5) is 0. The molecule has 0 aliphatic rings. The van der Waals surface area contributed by atoms with Crippen LogP contribution in [0.5, 0.6) is 5.75 Å². The molecule has 86 valence electrons. The van der Waals surface area contributed by atoms with Gasteiger partial charge in [-0.3, -0.25) is 0 Å². The third-order valence-electron chi connectivity index (χ3n) is 2.44. The number of alkyl halides is 2. The summed E-state index contributed by atoms with van der Waals surface area (Å²) < 4.78 is 29.3. The van der Waals surface area contributed by atoms with E-state index in [0.29, 0.717) is 10.9 Å². The Bertz CT molecular complexity index is 575. The van der Waals surface area contributed by atoms with Gasteiger partial charge in [0.25, 0.3) is 0 Å². The largest absolute Gasteiger partial charge is 0.434 e. The number of hydrogen-bond donors (Lipinski definition) is 0. The van der Waals surface area contributed by atoms with E-state index in [2.05, 4.69) is 4.74 Å². The molecule has 0 radical (unpaired) electrons. The van der Waals surface area contributed by atoms with Crippen molar-refractivity contribution in [1.82, 2.24) is 0 Å². The molecule has 2 rings (SSSR count). The Morgan fingerprint density at radius 2 is 1.94 bits per heavy atom. The van der Waals surface area contributed by atoms with E-state index >= 15 is 0 Å². The van der Waals surface area contributed by atoms with Crippen molar-refractivity contribution in [3.63, 3.8) is 0 Å². The molecule has 0 N–H and O–H groups in total. The Kier molecular flexibility index (Phi) is 3.20. The first kappa shape index (κ1) is 11.3. The van der Waals surface area contributed by atoms with Crippen LogP contribution in [-0.2, 0) is 6.42 Å². The molecule has 0 spiro atoms. The number of rotatable bonds is 3. The Labute approximate surface area is 97.0 Å². The zero-order valence-corrected chi connectivity index (χ0v) is 8.86. The molecular weight excluding hydrogens is 224 g/mol. The van der Waals surface area contributed by atoms with E-state index in [0.717, 1.165) is 5.39 Å². The molecule has 0 aliphatic carbocycles. The van der Waals surface area contributed by atoms with Gasteiger partial charge in [0.1, 0.15) is 5.75 Å². The van der Waals surface area contributed by atoms with Crippen LogP contribution in [0, 0.1) is 11.3 Å². The summed E-state index contributed by atoms with van der Waals surface area (Å²) in [6.45, 7) is -2.89. The smallest absolute Gasteiger partial charge is 0.387 e. The molecule has 2 aromatic carbocycles. The van der Waals surface area contributed by atoms with E-state index < -0.39 is 6.61 Å². The lowest BCUT2D eigenvalue weighted by Crippen LogP contribution is -2.05. The molecule has 0 bridgehead atoms. The number of nitriles is 1. The number of halogens is 2. The Balaban J connectivity index is 2.62. The fourth-order valence-corrected chi connectivity index (χ4v) is 1.74.